The van der Waals surface area contributed by atoms with E-state index >= 15 is 4.79 Å². The number of hydrogen-bond acceptors (Lipinski definition) is 13. The van der Waals surface area contributed by atoms with Gasteiger partial charge in [0.15, 0.2) is 13.4 Å². The van der Waals surface area contributed by atoms with Gasteiger partial charge in [-0.15, -0.1) is 11.8 Å². The molecular weight excluding hydrogens is 809 g/mol. The molecule has 1 aromatic rings. The maximum atomic E-state index is 15.5. The molecular formula is C47H60BN3O10S. The standard InChI is InChI=1S/C47H60BN3O10S/c1-8-43(56)22-28-23-46(41(54)59-5,37-30(13-17-49(24-28)25-43)31-19-29(62-7)11-12-34(31)48-37)33-20-32-35(21-36(33)58-4)51(26-52)39-45(32)15-18-50-16-10-14-44(9-2,38(45)50)40(61-27(3)53)47(39,57)42(55)60-6/h10-12,14,19-21,26,28,33,36,38-40,48,56-57H,8-9,13,15-18,22-25H2,1-7H3/t28-,33?,36?,38+,39-,40-,43+,44-,45-,46+,47+/m1/s1. The summed E-state index contributed by atoms with van der Waals surface area (Å²) in [6, 6.07) is 4.88. The third kappa shape index (κ3) is 5.79. The third-order valence-corrected chi connectivity index (χ3v) is 17.3. The number of aliphatic hydroxyl groups is 2. The highest BCUT2D eigenvalue weighted by Gasteiger charge is 2.82. The molecule has 3 unspecified atom stereocenters. The Bertz CT molecular complexity index is 2210. The van der Waals surface area contributed by atoms with E-state index in [1.807, 2.05) is 32.1 Å². The Hall–Kier alpha value is -3.73. The zero-order valence-electron chi connectivity index (χ0n) is 37.0. The van der Waals surface area contributed by atoms with Gasteiger partial charge in [-0.05, 0) is 92.2 Å². The number of ether oxygens (including phenoxy) is 4. The van der Waals surface area contributed by atoms with Gasteiger partial charge < -0.3 is 34.1 Å². The van der Waals surface area contributed by atoms with Crippen LogP contribution in [0.25, 0.3) is 5.57 Å². The van der Waals surface area contributed by atoms with Crippen molar-refractivity contribution in [2.24, 2.45) is 28.1 Å². The van der Waals surface area contributed by atoms with E-state index in [2.05, 4.69) is 40.3 Å². The molecule has 8 aliphatic rings. The number of nitrogens with zero attached hydrogens (tertiary/aromatic N) is 3. The zero-order valence-corrected chi connectivity index (χ0v) is 37.8. The van der Waals surface area contributed by atoms with E-state index in [1.165, 1.54) is 26.0 Å². The minimum absolute atomic E-state index is 0.0888. The molecule has 13 nitrogen and oxygen atoms in total. The molecule has 12 atom stereocenters. The fourth-order valence-electron chi connectivity index (χ4n) is 14.3. The average molecular weight is 870 g/mol. The highest BCUT2D eigenvalue weighted by Crippen LogP contribution is 2.70. The molecule has 0 radical (unpaired) electrons. The number of likely N-dealkylation sites (tertiary alicyclic amines) is 1. The molecule has 15 heteroatoms. The van der Waals surface area contributed by atoms with Crippen LogP contribution in [0.4, 0.5) is 0 Å². The van der Waals surface area contributed by atoms with E-state index in [-0.39, 0.29) is 11.9 Å². The first-order valence-corrected chi connectivity index (χ1v) is 23.5. The number of amides is 1. The van der Waals surface area contributed by atoms with Gasteiger partial charge in [-0.25, -0.2) is 4.79 Å². The van der Waals surface area contributed by atoms with Crippen LogP contribution in [-0.2, 0) is 38.1 Å². The molecule has 332 valence electrons. The topological polar surface area (TPSA) is 155 Å². The largest absolute Gasteiger partial charge is 0.468 e. The summed E-state index contributed by atoms with van der Waals surface area (Å²) in [7, 11) is 4.78. The van der Waals surface area contributed by atoms with Crippen LogP contribution in [-0.4, -0.2) is 152 Å². The summed E-state index contributed by atoms with van der Waals surface area (Å²) in [5.74, 6) is -2.82. The Balaban J connectivity index is 1.33. The van der Waals surface area contributed by atoms with Crippen molar-refractivity contribution in [2.45, 2.75) is 99.7 Å². The highest BCUT2D eigenvalue weighted by molar-refractivity contribution is 7.98. The molecule has 4 fully saturated rings. The highest BCUT2D eigenvalue weighted by atomic mass is 32.2. The van der Waals surface area contributed by atoms with Crippen molar-refractivity contribution in [1.29, 1.82) is 0 Å². The lowest BCUT2D eigenvalue weighted by molar-refractivity contribution is -0.242. The summed E-state index contributed by atoms with van der Waals surface area (Å²) in [5.41, 5.74) is -1.29. The number of allylic oxidation sites excluding steroid dienone is 1. The number of hydrogen-bond donors (Lipinski definition) is 2. The summed E-state index contributed by atoms with van der Waals surface area (Å²) >= 11 is 1.68. The van der Waals surface area contributed by atoms with Gasteiger partial charge in [0.2, 0.25) is 12.0 Å². The summed E-state index contributed by atoms with van der Waals surface area (Å²) in [6.45, 7) is 8.39. The van der Waals surface area contributed by atoms with Crippen LogP contribution < -0.4 is 5.46 Å². The molecule has 1 spiro atoms. The first-order chi connectivity index (χ1) is 29.7. The van der Waals surface area contributed by atoms with E-state index in [0.29, 0.717) is 84.1 Å². The minimum Gasteiger partial charge on any atom is -0.468 e. The summed E-state index contributed by atoms with van der Waals surface area (Å²) < 4.78 is 24.1. The van der Waals surface area contributed by atoms with E-state index in [1.54, 1.807) is 18.9 Å². The average Bonchev–Trinajstić information content (AvgIpc) is 3.95. The molecule has 1 amide bonds. The van der Waals surface area contributed by atoms with Crippen LogP contribution in [0.2, 0.25) is 0 Å². The second-order valence-electron chi connectivity index (χ2n) is 19.1. The molecule has 0 aromatic heterocycles. The van der Waals surface area contributed by atoms with Crippen LogP contribution in [0.5, 0.6) is 0 Å². The van der Waals surface area contributed by atoms with Gasteiger partial charge in [0.25, 0.3) is 0 Å². The van der Waals surface area contributed by atoms with Crippen molar-refractivity contribution in [1.82, 2.24) is 14.7 Å². The van der Waals surface area contributed by atoms with Crippen molar-refractivity contribution in [3.63, 3.8) is 0 Å². The minimum atomic E-state index is -2.51. The lowest BCUT2D eigenvalue weighted by Crippen LogP contribution is -2.80. The van der Waals surface area contributed by atoms with Crippen molar-refractivity contribution in [3.05, 3.63) is 64.8 Å². The Morgan fingerprint density at radius 3 is 2.45 bits per heavy atom. The Kier molecular flexibility index (Phi) is 10.9. The zero-order chi connectivity index (χ0) is 44.1. The number of carbonyl (C=O) groups excluding carboxylic acids is 4. The second-order valence-corrected chi connectivity index (χ2v) is 20.0. The van der Waals surface area contributed by atoms with Gasteiger partial charge in [-0.1, -0.05) is 49.1 Å². The van der Waals surface area contributed by atoms with Crippen molar-refractivity contribution in [2.75, 3.05) is 60.3 Å². The number of carbonyl (C=O) groups is 4. The maximum Gasteiger partial charge on any atom is 0.344 e. The predicted molar refractivity (Wildman–Crippen MR) is 234 cm³/mol. The smallest absolute Gasteiger partial charge is 0.344 e. The van der Waals surface area contributed by atoms with Gasteiger partial charge >= 0.3 is 17.9 Å². The van der Waals surface area contributed by atoms with Gasteiger partial charge in [0.1, 0.15) is 0 Å². The Morgan fingerprint density at radius 1 is 1.02 bits per heavy atom. The quantitative estimate of drug-likeness (QED) is 0.0935. The van der Waals surface area contributed by atoms with Gasteiger partial charge in [0.05, 0.1) is 37.4 Å². The second kappa shape index (κ2) is 15.5. The number of thioether (sulfide) groups is 1. The summed E-state index contributed by atoms with van der Waals surface area (Å²) in [6.07, 6.45) is 11.6. The molecule has 2 aliphatic carbocycles. The molecule has 3 saturated heterocycles. The Morgan fingerprint density at radius 2 is 1.79 bits per heavy atom. The molecule has 1 aromatic carbocycles. The summed E-state index contributed by atoms with van der Waals surface area (Å²) in [4.78, 5) is 64.1. The fourth-order valence-corrected chi connectivity index (χ4v) is 14.8. The molecule has 2 bridgehead atoms. The first-order valence-electron chi connectivity index (χ1n) is 22.2. The molecule has 62 heavy (non-hydrogen) atoms. The normalized spacial score (nSPS) is 40.2. The molecule has 2 N–H and O–H groups in total. The number of benzene rings is 1. The number of rotatable bonds is 9. The number of piperidine rings is 1. The van der Waals surface area contributed by atoms with E-state index in [9.17, 15) is 24.6 Å². The van der Waals surface area contributed by atoms with Gasteiger partial charge in [-0.2, -0.15) is 0 Å². The maximum absolute atomic E-state index is 15.5. The van der Waals surface area contributed by atoms with Crippen LogP contribution >= 0.6 is 11.8 Å². The molecule has 6 aliphatic heterocycles. The van der Waals surface area contributed by atoms with Crippen molar-refractivity contribution >= 4 is 54.4 Å². The van der Waals surface area contributed by atoms with E-state index < -0.39 is 69.6 Å². The van der Waals surface area contributed by atoms with Gasteiger partial charge in [0, 0.05) is 73.6 Å². The van der Waals surface area contributed by atoms with Crippen LogP contribution in [0, 0.1) is 28.1 Å². The number of methoxy groups -OCH3 is 3. The van der Waals surface area contributed by atoms with Gasteiger partial charge in [-0.3, -0.25) is 24.2 Å². The fraction of sp³-hybridized carbons (Fsp3) is 0.617. The Labute approximate surface area is 369 Å². The van der Waals surface area contributed by atoms with Crippen molar-refractivity contribution in [3.8, 4) is 0 Å². The SMILES string of the molecule is CC[C@]1(O)C[C@H]2CN(CCC3=C(Bc4ccc(SC)cc43)[C@@](C(=O)OC)(C3C=C4C(=CC3OC)N(C=O)[C@H]3[C@@](O)(C(=O)OC)[C@H](OC(C)=O)[C@]5(CC)C=CCN6CC[C@]43[C@@H]65)C2)C1. The van der Waals surface area contributed by atoms with Crippen LogP contribution in [0.3, 0.4) is 0 Å². The molecule has 6 heterocycles. The lowest BCUT2D eigenvalue weighted by atomic mass is 9.46. The predicted octanol–water partition coefficient (Wildman–Crippen LogP) is 2.78. The number of fused-ring (bicyclic) bond motifs is 5. The molecule has 9 rings (SSSR count). The van der Waals surface area contributed by atoms with E-state index in [0.717, 1.165) is 39.1 Å². The summed E-state index contributed by atoms with van der Waals surface area (Å²) in [5, 5.41) is 25.4. The van der Waals surface area contributed by atoms with Crippen molar-refractivity contribution < 1.29 is 48.3 Å². The first kappa shape index (κ1) is 43.5. The van der Waals surface area contributed by atoms with E-state index in [4.69, 9.17) is 18.9 Å². The third-order valence-electron chi connectivity index (χ3n) is 16.6. The van der Waals surface area contributed by atoms with Crippen LogP contribution in [0.15, 0.2) is 64.1 Å². The lowest BCUT2D eigenvalue weighted by Gasteiger charge is -2.63. The number of esters is 3. The molecule has 1 saturated carbocycles. The monoisotopic (exact) mass is 869 g/mol. The van der Waals surface area contributed by atoms with Crippen LogP contribution in [0.1, 0.15) is 64.9 Å².